The average Bonchev–Trinajstić information content (AvgIpc) is 2.74. The van der Waals surface area contributed by atoms with Crippen LogP contribution >= 0.6 is 39.6 Å². The maximum atomic E-state index is 5.50. The molecule has 0 aliphatic carbocycles. The first-order valence-electron chi connectivity index (χ1n) is 5.96. The van der Waals surface area contributed by atoms with Gasteiger partial charge >= 0.3 is 130 Å². The summed E-state index contributed by atoms with van der Waals surface area (Å²) in [6, 6.07) is 17.6. The van der Waals surface area contributed by atoms with E-state index in [-0.39, 0.29) is 0 Å². The van der Waals surface area contributed by atoms with Crippen LogP contribution in [0.15, 0.2) is 48.5 Å². The Kier molecular flexibility index (Phi) is 3.82. The Morgan fingerprint density at radius 2 is 1.42 bits per heavy atom. The van der Waals surface area contributed by atoms with E-state index in [2.05, 4.69) is 48.5 Å². The maximum absolute atomic E-state index is 5.50. The van der Waals surface area contributed by atoms with Crippen molar-refractivity contribution >= 4 is 43.9 Å². The standard InChI is InChI=1S/C15H14INS2/c1-17(2)15(18)19-16-13-9-5-3-7-11(13)12-8-4-6-10-14(12)16/h3-10H,1-2H3. The van der Waals surface area contributed by atoms with E-state index in [9.17, 15) is 0 Å². The predicted octanol–water partition coefficient (Wildman–Crippen LogP) is 4.71. The molecule has 4 heteroatoms. The molecular formula is C15H14INS2. The van der Waals surface area contributed by atoms with Crippen LogP contribution in [-0.2, 0) is 0 Å². The second-order valence-electron chi connectivity index (χ2n) is 4.45. The molecule has 0 N–H and O–H groups in total. The van der Waals surface area contributed by atoms with E-state index in [0.29, 0.717) is 0 Å². The van der Waals surface area contributed by atoms with Gasteiger partial charge in [0.25, 0.3) is 0 Å². The summed E-state index contributed by atoms with van der Waals surface area (Å²) < 4.78 is 4.06. The van der Waals surface area contributed by atoms with Gasteiger partial charge in [-0.15, -0.1) is 0 Å². The van der Waals surface area contributed by atoms with Crippen LogP contribution in [0.4, 0.5) is 0 Å². The summed E-state index contributed by atoms with van der Waals surface area (Å²) in [4.78, 5) is 2.04. The molecule has 0 spiro atoms. The van der Waals surface area contributed by atoms with Crippen molar-refractivity contribution in [2.45, 2.75) is 0 Å². The molecule has 0 fully saturated rings. The van der Waals surface area contributed by atoms with E-state index in [0.717, 1.165) is 4.32 Å². The predicted molar refractivity (Wildman–Crippen MR) is 97.2 cm³/mol. The van der Waals surface area contributed by atoms with E-state index >= 15 is 0 Å². The Hall–Kier alpha value is -0.590. The summed E-state index contributed by atoms with van der Waals surface area (Å²) >= 11 is 4.04. The molecule has 0 radical (unpaired) electrons. The van der Waals surface area contributed by atoms with Gasteiger partial charge in [-0.05, 0) is 0 Å². The SMILES string of the molecule is CN(C)C(=S)SI1c2ccccc2-c2ccccc21. The van der Waals surface area contributed by atoms with Gasteiger partial charge < -0.3 is 0 Å². The first-order chi connectivity index (χ1) is 9.18. The second kappa shape index (κ2) is 5.42. The summed E-state index contributed by atoms with van der Waals surface area (Å²) in [6.07, 6.45) is 0. The normalized spacial score (nSPS) is 13.9. The molecular weight excluding hydrogens is 385 g/mol. The fraction of sp³-hybridized carbons (Fsp3) is 0.133. The number of fused-ring (bicyclic) bond motifs is 3. The number of nitrogens with zero attached hydrogens (tertiary/aromatic N) is 1. The molecule has 2 aromatic rings. The molecule has 0 aromatic heterocycles. The van der Waals surface area contributed by atoms with Crippen molar-refractivity contribution in [3.05, 3.63) is 55.7 Å². The Morgan fingerprint density at radius 3 is 1.89 bits per heavy atom. The van der Waals surface area contributed by atoms with Gasteiger partial charge in [-0.3, -0.25) is 0 Å². The van der Waals surface area contributed by atoms with Crippen molar-refractivity contribution in [3.8, 4) is 11.1 Å². The number of halogens is 1. The summed E-state index contributed by atoms with van der Waals surface area (Å²) in [5, 5.41) is 0. The quantitative estimate of drug-likeness (QED) is 0.505. The van der Waals surface area contributed by atoms with Crippen LogP contribution in [0, 0.1) is 7.14 Å². The molecule has 0 saturated heterocycles. The molecule has 3 rings (SSSR count). The second-order valence-corrected chi connectivity index (χ2v) is 12.8. The van der Waals surface area contributed by atoms with Crippen LogP contribution in [0.25, 0.3) is 11.1 Å². The van der Waals surface area contributed by atoms with Crippen molar-refractivity contribution in [3.63, 3.8) is 0 Å². The molecule has 1 nitrogen and oxygen atoms in total. The topological polar surface area (TPSA) is 3.24 Å². The molecule has 0 amide bonds. The van der Waals surface area contributed by atoms with Gasteiger partial charge in [0.05, 0.1) is 0 Å². The third-order valence-corrected chi connectivity index (χ3v) is 13.9. The third-order valence-electron chi connectivity index (χ3n) is 2.92. The van der Waals surface area contributed by atoms with Crippen LogP contribution in [0.1, 0.15) is 0 Å². The van der Waals surface area contributed by atoms with E-state index in [1.165, 1.54) is 18.3 Å². The zero-order valence-electron chi connectivity index (χ0n) is 10.8. The summed E-state index contributed by atoms with van der Waals surface area (Å²) in [5.41, 5.74) is 2.83. The average molecular weight is 399 g/mol. The van der Waals surface area contributed by atoms with Crippen LogP contribution in [0.2, 0.25) is 0 Å². The summed E-state index contributed by atoms with van der Waals surface area (Å²) in [7, 11) is 5.97. The number of hydrogen-bond acceptors (Lipinski definition) is 2. The Morgan fingerprint density at radius 1 is 0.947 bits per heavy atom. The van der Waals surface area contributed by atoms with E-state index < -0.39 is 18.4 Å². The Balaban J connectivity index is 2.07. The monoisotopic (exact) mass is 399 g/mol. The van der Waals surface area contributed by atoms with E-state index in [1.807, 2.05) is 27.9 Å². The number of thiocarbonyl (C=S) groups is 1. The molecule has 2 aromatic carbocycles. The van der Waals surface area contributed by atoms with Crippen molar-refractivity contribution in [1.29, 1.82) is 0 Å². The fourth-order valence-electron chi connectivity index (χ4n) is 1.99. The van der Waals surface area contributed by atoms with Gasteiger partial charge in [0, 0.05) is 0 Å². The number of hydrogen-bond donors (Lipinski definition) is 0. The fourth-order valence-corrected chi connectivity index (χ4v) is 12.9. The van der Waals surface area contributed by atoms with Crippen molar-refractivity contribution < 1.29 is 0 Å². The zero-order valence-corrected chi connectivity index (χ0v) is 14.6. The van der Waals surface area contributed by atoms with Gasteiger partial charge in [0.1, 0.15) is 0 Å². The molecule has 1 aliphatic rings. The van der Waals surface area contributed by atoms with Gasteiger partial charge in [-0.2, -0.15) is 0 Å². The van der Waals surface area contributed by atoms with E-state index in [4.69, 9.17) is 12.2 Å². The molecule has 1 aliphatic heterocycles. The number of rotatable bonds is 1. The van der Waals surface area contributed by atoms with E-state index in [1.54, 1.807) is 0 Å². The van der Waals surface area contributed by atoms with Crippen LogP contribution in [0.5, 0.6) is 0 Å². The van der Waals surface area contributed by atoms with Gasteiger partial charge in [0.15, 0.2) is 0 Å². The molecule has 0 unspecified atom stereocenters. The Bertz CT molecular complexity index is 594. The molecule has 19 heavy (non-hydrogen) atoms. The Labute approximate surface area is 129 Å². The van der Waals surface area contributed by atoms with Crippen molar-refractivity contribution in [2.24, 2.45) is 0 Å². The third kappa shape index (κ3) is 2.41. The van der Waals surface area contributed by atoms with Gasteiger partial charge in [-0.1, -0.05) is 0 Å². The van der Waals surface area contributed by atoms with Crippen molar-refractivity contribution in [2.75, 3.05) is 14.1 Å². The first-order valence-corrected chi connectivity index (χ1v) is 11.9. The zero-order chi connectivity index (χ0) is 13.4. The van der Waals surface area contributed by atoms with Gasteiger partial charge in [0.2, 0.25) is 0 Å². The van der Waals surface area contributed by atoms with Crippen LogP contribution < -0.4 is 0 Å². The number of benzene rings is 2. The van der Waals surface area contributed by atoms with Crippen molar-refractivity contribution in [1.82, 2.24) is 4.90 Å². The molecule has 0 saturated carbocycles. The molecule has 0 bridgehead atoms. The van der Waals surface area contributed by atoms with Crippen LogP contribution in [0.3, 0.4) is 0 Å². The molecule has 1 heterocycles. The minimum atomic E-state index is -1.46. The first kappa shape index (κ1) is 13.4. The minimum absolute atomic E-state index is 0.997. The van der Waals surface area contributed by atoms with Crippen LogP contribution in [-0.4, -0.2) is 23.3 Å². The van der Waals surface area contributed by atoms with Gasteiger partial charge in [-0.25, -0.2) is 0 Å². The summed E-state index contributed by atoms with van der Waals surface area (Å²) in [6.45, 7) is 0. The molecule has 98 valence electrons. The molecule has 0 atom stereocenters. The summed E-state index contributed by atoms with van der Waals surface area (Å²) in [5.74, 6) is 0.